The van der Waals surface area contributed by atoms with Crippen molar-refractivity contribution in [1.82, 2.24) is 9.88 Å². The lowest BCUT2D eigenvalue weighted by molar-refractivity contribution is 0.314. The van der Waals surface area contributed by atoms with Crippen molar-refractivity contribution in [1.29, 1.82) is 0 Å². The number of halogens is 1. The summed E-state index contributed by atoms with van der Waals surface area (Å²) in [6.45, 7) is 7.95. The number of rotatable bonds is 5. The summed E-state index contributed by atoms with van der Waals surface area (Å²) in [6.07, 6.45) is 0. The highest BCUT2D eigenvalue weighted by Crippen LogP contribution is 2.33. The Balaban J connectivity index is 0.00000225. The summed E-state index contributed by atoms with van der Waals surface area (Å²) in [7, 11) is 1.66. The van der Waals surface area contributed by atoms with Gasteiger partial charge in [-0.15, -0.1) is 12.4 Å². The summed E-state index contributed by atoms with van der Waals surface area (Å²) >= 11 is 0. The second-order valence-corrected chi connectivity index (χ2v) is 6.75. The van der Waals surface area contributed by atoms with Gasteiger partial charge in [-0.1, -0.05) is 30.3 Å². The number of benzene rings is 1. The molecule has 0 saturated carbocycles. The van der Waals surface area contributed by atoms with Crippen LogP contribution in [0.4, 0.5) is 0 Å². The van der Waals surface area contributed by atoms with Gasteiger partial charge in [0.25, 0.3) is 0 Å². The van der Waals surface area contributed by atoms with Gasteiger partial charge >= 0.3 is 0 Å². The normalized spacial score (nSPS) is 20.3. The minimum atomic E-state index is 0. The predicted octanol–water partition coefficient (Wildman–Crippen LogP) is 3.30. The molecular weight excluding hydrogens is 334 g/mol. The Bertz CT molecular complexity index is 670. The van der Waals surface area contributed by atoms with Crippen molar-refractivity contribution in [2.45, 2.75) is 26.3 Å². The predicted molar refractivity (Wildman–Crippen MR) is 105 cm³/mol. The number of methoxy groups -OCH3 is 1. The molecule has 0 radical (unpaired) electrons. The van der Waals surface area contributed by atoms with Crippen LogP contribution in [0.15, 0.2) is 36.4 Å². The first kappa shape index (κ1) is 19.7. The Hall–Kier alpha value is -1.62. The Kier molecular flexibility index (Phi) is 6.82. The second kappa shape index (κ2) is 8.65. The van der Waals surface area contributed by atoms with Crippen LogP contribution in [-0.4, -0.2) is 36.6 Å². The minimum Gasteiger partial charge on any atom is -0.481 e. The Morgan fingerprint density at radius 3 is 2.52 bits per heavy atom. The molecule has 4 nitrogen and oxygen atoms in total. The van der Waals surface area contributed by atoms with Crippen LogP contribution in [0.3, 0.4) is 0 Å². The van der Waals surface area contributed by atoms with Crippen molar-refractivity contribution < 1.29 is 4.74 Å². The smallest absolute Gasteiger partial charge is 0.213 e. The Morgan fingerprint density at radius 1 is 1.20 bits per heavy atom. The molecule has 1 fully saturated rings. The molecule has 136 valence electrons. The molecule has 5 heteroatoms. The van der Waals surface area contributed by atoms with Crippen LogP contribution >= 0.6 is 12.4 Å². The van der Waals surface area contributed by atoms with E-state index in [2.05, 4.69) is 54.1 Å². The molecule has 1 aliphatic rings. The third-order valence-electron chi connectivity index (χ3n) is 5.17. The average Bonchev–Trinajstić information content (AvgIpc) is 3.01. The summed E-state index contributed by atoms with van der Waals surface area (Å²) in [6, 6.07) is 12.8. The zero-order valence-electron chi connectivity index (χ0n) is 15.2. The lowest BCUT2D eigenvalue weighted by Gasteiger charge is -2.19. The lowest BCUT2D eigenvalue weighted by Crippen LogP contribution is -2.24. The first-order valence-electron chi connectivity index (χ1n) is 8.60. The van der Waals surface area contributed by atoms with Crippen molar-refractivity contribution in [3.63, 3.8) is 0 Å². The van der Waals surface area contributed by atoms with Gasteiger partial charge in [-0.25, -0.2) is 4.98 Å². The molecule has 1 aliphatic heterocycles. The molecule has 0 spiro atoms. The van der Waals surface area contributed by atoms with Crippen LogP contribution in [0.25, 0.3) is 0 Å². The van der Waals surface area contributed by atoms with Gasteiger partial charge in [0.2, 0.25) is 5.88 Å². The number of aromatic nitrogens is 1. The molecule has 2 N–H and O–H groups in total. The fraction of sp³-hybridized carbons (Fsp3) is 0.450. The van der Waals surface area contributed by atoms with Crippen LogP contribution in [0, 0.1) is 19.8 Å². The number of hydrogen-bond acceptors (Lipinski definition) is 4. The molecule has 1 aromatic heterocycles. The van der Waals surface area contributed by atoms with Crippen molar-refractivity contribution in [3.8, 4) is 5.88 Å². The summed E-state index contributed by atoms with van der Waals surface area (Å²) in [5.74, 6) is 1.72. The lowest BCUT2D eigenvalue weighted by atomic mass is 9.89. The largest absolute Gasteiger partial charge is 0.481 e. The molecular formula is C20H28ClN3O. The van der Waals surface area contributed by atoms with Crippen molar-refractivity contribution >= 4 is 12.4 Å². The third kappa shape index (κ3) is 4.32. The van der Waals surface area contributed by atoms with Crippen LogP contribution < -0.4 is 10.5 Å². The minimum absolute atomic E-state index is 0. The number of ether oxygens (including phenoxy) is 1. The molecule has 0 bridgehead atoms. The maximum atomic E-state index is 6.06. The number of likely N-dealkylation sites (tertiary alicyclic amines) is 1. The van der Waals surface area contributed by atoms with Gasteiger partial charge in [0.05, 0.1) is 7.11 Å². The van der Waals surface area contributed by atoms with E-state index in [-0.39, 0.29) is 12.4 Å². The summed E-state index contributed by atoms with van der Waals surface area (Å²) in [5.41, 5.74) is 11.1. The topological polar surface area (TPSA) is 51.4 Å². The molecule has 1 saturated heterocycles. The number of aryl methyl sites for hydroxylation is 2. The van der Waals surface area contributed by atoms with Crippen molar-refractivity contribution in [2.24, 2.45) is 11.7 Å². The van der Waals surface area contributed by atoms with E-state index in [1.54, 1.807) is 7.11 Å². The SMILES string of the molecule is COc1cc(C)c(CN2C[C@@H](CN)[C@H](c3ccccc3)C2)c(C)n1.Cl. The van der Waals surface area contributed by atoms with E-state index < -0.39 is 0 Å². The average molecular weight is 362 g/mol. The van der Waals surface area contributed by atoms with Gasteiger partial charge in [-0.3, -0.25) is 4.90 Å². The van der Waals surface area contributed by atoms with Gasteiger partial charge < -0.3 is 10.5 Å². The number of nitrogens with two attached hydrogens (primary N) is 1. The van der Waals surface area contributed by atoms with E-state index in [0.717, 1.165) is 31.9 Å². The summed E-state index contributed by atoms with van der Waals surface area (Å²) in [4.78, 5) is 7.05. The first-order chi connectivity index (χ1) is 11.6. The molecule has 2 aromatic rings. The van der Waals surface area contributed by atoms with Crippen molar-refractivity contribution in [3.05, 3.63) is 58.8 Å². The van der Waals surface area contributed by atoms with Gasteiger partial charge in [0.1, 0.15) is 0 Å². The van der Waals surface area contributed by atoms with Crippen LogP contribution in [0.2, 0.25) is 0 Å². The van der Waals surface area contributed by atoms with Gasteiger partial charge in [0.15, 0.2) is 0 Å². The van der Waals surface area contributed by atoms with Crippen LogP contribution in [0.1, 0.15) is 28.3 Å². The molecule has 2 atom stereocenters. The van der Waals surface area contributed by atoms with Crippen LogP contribution in [0.5, 0.6) is 5.88 Å². The maximum absolute atomic E-state index is 6.06. The molecule has 0 amide bonds. The summed E-state index contributed by atoms with van der Waals surface area (Å²) < 4.78 is 5.27. The van der Waals surface area contributed by atoms with E-state index in [4.69, 9.17) is 10.5 Å². The van der Waals surface area contributed by atoms with Crippen molar-refractivity contribution in [2.75, 3.05) is 26.7 Å². The van der Waals surface area contributed by atoms with E-state index in [1.165, 1.54) is 16.7 Å². The quantitative estimate of drug-likeness (QED) is 0.887. The van der Waals surface area contributed by atoms with Gasteiger partial charge in [-0.05, 0) is 43.0 Å². The third-order valence-corrected chi connectivity index (χ3v) is 5.17. The highest BCUT2D eigenvalue weighted by Gasteiger charge is 2.33. The van der Waals surface area contributed by atoms with Gasteiger partial charge in [0, 0.05) is 37.3 Å². The highest BCUT2D eigenvalue weighted by atomic mass is 35.5. The molecule has 3 rings (SSSR count). The Labute approximate surface area is 156 Å². The van der Waals surface area contributed by atoms with E-state index in [1.807, 2.05) is 6.07 Å². The number of pyridine rings is 1. The fourth-order valence-corrected chi connectivity index (χ4v) is 3.80. The van der Waals surface area contributed by atoms with E-state index >= 15 is 0 Å². The van der Waals surface area contributed by atoms with E-state index in [9.17, 15) is 0 Å². The zero-order valence-corrected chi connectivity index (χ0v) is 16.1. The number of nitrogens with zero attached hydrogens (tertiary/aromatic N) is 2. The second-order valence-electron chi connectivity index (χ2n) is 6.75. The zero-order chi connectivity index (χ0) is 17.1. The standard InChI is InChI=1S/C20H27N3O.ClH/c1-14-9-20(24-3)22-15(2)18(14)12-23-11-17(10-21)19(13-23)16-7-5-4-6-8-16;/h4-9,17,19H,10-13,21H2,1-3H3;1H/t17-,19+;/m1./s1. The summed E-state index contributed by atoms with van der Waals surface area (Å²) in [5, 5.41) is 0. The van der Waals surface area contributed by atoms with E-state index in [0.29, 0.717) is 17.7 Å². The molecule has 25 heavy (non-hydrogen) atoms. The molecule has 2 heterocycles. The fourth-order valence-electron chi connectivity index (χ4n) is 3.80. The number of hydrogen-bond donors (Lipinski definition) is 1. The van der Waals surface area contributed by atoms with Crippen LogP contribution in [-0.2, 0) is 6.54 Å². The maximum Gasteiger partial charge on any atom is 0.213 e. The monoisotopic (exact) mass is 361 g/mol. The molecule has 1 aromatic carbocycles. The molecule has 0 aliphatic carbocycles. The highest BCUT2D eigenvalue weighted by molar-refractivity contribution is 5.85. The molecule has 0 unspecified atom stereocenters. The van der Waals surface area contributed by atoms with Gasteiger partial charge in [-0.2, -0.15) is 0 Å². The Morgan fingerprint density at radius 2 is 1.92 bits per heavy atom. The first-order valence-corrected chi connectivity index (χ1v) is 8.60.